The van der Waals surface area contributed by atoms with Crippen molar-refractivity contribution in [3.8, 4) is 5.75 Å². The second-order valence-corrected chi connectivity index (χ2v) is 7.95. The minimum Gasteiger partial charge on any atom is -0.493 e. The molecular formula is C22H25BrN2O3. The fraction of sp³-hybridized carbons (Fsp3) is 0.364. The Bertz CT molecular complexity index is 878. The molecular weight excluding hydrogens is 420 g/mol. The molecule has 3 rings (SSSR count). The fourth-order valence-electron chi connectivity index (χ4n) is 2.81. The lowest BCUT2D eigenvalue weighted by molar-refractivity contribution is -0.117. The number of carbonyl (C=O) groups excluding carboxylic acids is 2. The SMILES string of the molecule is CCCCOc1ccc(Br)cc1C(=O)Nc1cccc(NC(=O)C2CC2)c1C. The molecule has 0 aliphatic heterocycles. The Morgan fingerprint density at radius 3 is 2.54 bits per heavy atom. The normalized spacial score (nSPS) is 13.1. The summed E-state index contributed by atoms with van der Waals surface area (Å²) in [5.74, 6) is 0.485. The van der Waals surface area contributed by atoms with E-state index in [4.69, 9.17) is 4.74 Å². The van der Waals surface area contributed by atoms with Gasteiger partial charge in [0.05, 0.1) is 12.2 Å². The van der Waals surface area contributed by atoms with Crippen LogP contribution in [0.25, 0.3) is 0 Å². The molecule has 1 saturated carbocycles. The minimum atomic E-state index is -0.249. The molecule has 0 unspecified atom stereocenters. The van der Waals surface area contributed by atoms with Crippen LogP contribution in [-0.4, -0.2) is 18.4 Å². The Morgan fingerprint density at radius 1 is 1.14 bits per heavy atom. The van der Waals surface area contributed by atoms with E-state index in [2.05, 4.69) is 33.5 Å². The fourth-order valence-corrected chi connectivity index (χ4v) is 3.17. The summed E-state index contributed by atoms with van der Waals surface area (Å²) in [4.78, 5) is 25.0. The molecule has 1 fully saturated rings. The second-order valence-electron chi connectivity index (χ2n) is 7.04. The molecule has 2 aromatic rings. The van der Waals surface area contributed by atoms with Crippen molar-refractivity contribution < 1.29 is 14.3 Å². The van der Waals surface area contributed by atoms with E-state index in [-0.39, 0.29) is 17.7 Å². The molecule has 0 aromatic heterocycles. The molecule has 0 spiro atoms. The summed E-state index contributed by atoms with van der Waals surface area (Å²) in [7, 11) is 0. The summed E-state index contributed by atoms with van der Waals surface area (Å²) in [6.07, 6.45) is 3.85. The first-order valence-corrected chi connectivity index (χ1v) is 10.4. The number of anilines is 2. The number of nitrogens with one attached hydrogen (secondary N) is 2. The Hall–Kier alpha value is -2.34. The lowest BCUT2D eigenvalue weighted by Crippen LogP contribution is -2.17. The van der Waals surface area contributed by atoms with Crippen LogP contribution in [-0.2, 0) is 4.79 Å². The number of amides is 2. The van der Waals surface area contributed by atoms with Crippen molar-refractivity contribution in [3.05, 3.63) is 52.0 Å². The van der Waals surface area contributed by atoms with Gasteiger partial charge in [-0.1, -0.05) is 35.3 Å². The van der Waals surface area contributed by atoms with E-state index in [9.17, 15) is 9.59 Å². The summed E-state index contributed by atoms with van der Waals surface area (Å²) in [6, 6.07) is 10.9. The summed E-state index contributed by atoms with van der Waals surface area (Å²) in [6.45, 7) is 4.55. The topological polar surface area (TPSA) is 67.4 Å². The number of hydrogen-bond donors (Lipinski definition) is 2. The average molecular weight is 445 g/mol. The lowest BCUT2D eigenvalue weighted by Gasteiger charge is -2.15. The van der Waals surface area contributed by atoms with Gasteiger partial charge < -0.3 is 15.4 Å². The largest absolute Gasteiger partial charge is 0.493 e. The first-order valence-electron chi connectivity index (χ1n) is 9.63. The molecule has 2 aromatic carbocycles. The van der Waals surface area contributed by atoms with Crippen molar-refractivity contribution in [3.63, 3.8) is 0 Å². The van der Waals surface area contributed by atoms with Gasteiger partial charge in [0.25, 0.3) is 5.91 Å². The van der Waals surface area contributed by atoms with Crippen LogP contribution < -0.4 is 15.4 Å². The highest BCUT2D eigenvalue weighted by molar-refractivity contribution is 9.10. The number of carbonyl (C=O) groups is 2. The van der Waals surface area contributed by atoms with Crippen LogP contribution in [0.4, 0.5) is 11.4 Å². The predicted octanol–water partition coefficient (Wildman–Crippen LogP) is 5.54. The third-order valence-corrected chi connectivity index (χ3v) is 5.22. The van der Waals surface area contributed by atoms with E-state index in [0.717, 1.165) is 41.4 Å². The second kappa shape index (κ2) is 9.24. The maximum Gasteiger partial charge on any atom is 0.259 e. The van der Waals surface area contributed by atoms with Gasteiger partial charge in [-0.25, -0.2) is 0 Å². The Balaban J connectivity index is 1.77. The van der Waals surface area contributed by atoms with Gasteiger partial charge in [-0.05, 0) is 62.1 Å². The van der Waals surface area contributed by atoms with Gasteiger partial charge in [0, 0.05) is 21.8 Å². The maximum absolute atomic E-state index is 12.9. The van der Waals surface area contributed by atoms with Crippen molar-refractivity contribution in [1.29, 1.82) is 0 Å². The Labute approximate surface area is 174 Å². The highest BCUT2D eigenvalue weighted by Crippen LogP contribution is 2.32. The third-order valence-electron chi connectivity index (χ3n) is 4.73. The molecule has 0 heterocycles. The number of halogens is 1. The summed E-state index contributed by atoms with van der Waals surface area (Å²) < 4.78 is 6.60. The zero-order valence-corrected chi connectivity index (χ0v) is 17.8. The van der Waals surface area contributed by atoms with Crippen molar-refractivity contribution in [1.82, 2.24) is 0 Å². The Kier molecular flexibility index (Phi) is 6.73. The zero-order valence-electron chi connectivity index (χ0n) is 16.2. The van der Waals surface area contributed by atoms with Crippen LogP contribution in [0.2, 0.25) is 0 Å². The van der Waals surface area contributed by atoms with Crippen molar-refractivity contribution in [2.45, 2.75) is 39.5 Å². The van der Waals surface area contributed by atoms with Crippen LogP contribution in [0, 0.1) is 12.8 Å². The highest BCUT2D eigenvalue weighted by Gasteiger charge is 2.30. The minimum absolute atomic E-state index is 0.0465. The van der Waals surface area contributed by atoms with Crippen LogP contribution >= 0.6 is 15.9 Å². The third kappa shape index (κ3) is 5.13. The van der Waals surface area contributed by atoms with Crippen molar-refractivity contribution in [2.75, 3.05) is 17.2 Å². The molecule has 0 saturated heterocycles. The highest BCUT2D eigenvalue weighted by atomic mass is 79.9. The van der Waals surface area contributed by atoms with Crippen LogP contribution in [0.3, 0.4) is 0 Å². The smallest absolute Gasteiger partial charge is 0.259 e. The van der Waals surface area contributed by atoms with Gasteiger partial charge in [0.15, 0.2) is 0 Å². The maximum atomic E-state index is 12.9. The van der Waals surface area contributed by atoms with Gasteiger partial charge in [0.2, 0.25) is 5.91 Å². The van der Waals surface area contributed by atoms with E-state index in [1.54, 1.807) is 12.1 Å². The molecule has 1 aliphatic carbocycles. The first-order chi connectivity index (χ1) is 13.5. The van der Waals surface area contributed by atoms with E-state index in [0.29, 0.717) is 23.6 Å². The van der Waals surface area contributed by atoms with Crippen LogP contribution in [0.5, 0.6) is 5.75 Å². The number of benzene rings is 2. The monoisotopic (exact) mass is 444 g/mol. The van der Waals surface area contributed by atoms with Gasteiger partial charge >= 0.3 is 0 Å². The molecule has 6 heteroatoms. The molecule has 0 bridgehead atoms. The van der Waals surface area contributed by atoms with Gasteiger partial charge in [-0.3, -0.25) is 9.59 Å². The van der Waals surface area contributed by atoms with Crippen molar-refractivity contribution in [2.24, 2.45) is 5.92 Å². The van der Waals surface area contributed by atoms with E-state index < -0.39 is 0 Å². The molecule has 148 valence electrons. The van der Waals surface area contributed by atoms with Crippen LogP contribution in [0.1, 0.15) is 48.5 Å². The quantitative estimate of drug-likeness (QED) is 0.525. The molecule has 1 aliphatic rings. The lowest BCUT2D eigenvalue weighted by atomic mass is 10.1. The first kappa shape index (κ1) is 20.4. The standard InChI is InChI=1S/C22H25BrN2O3/c1-3-4-12-28-20-11-10-16(23)13-17(20)22(27)25-19-7-5-6-18(14(19)2)24-21(26)15-8-9-15/h5-7,10-11,13,15H,3-4,8-9,12H2,1-2H3,(H,24,26)(H,25,27). The van der Waals surface area contributed by atoms with Crippen LogP contribution in [0.15, 0.2) is 40.9 Å². The molecule has 0 atom stereocenters. The summed E-state index contributed by atoms with van der Waals surface area (Å²) >= 11 is 3.42. The average Bonchev–Trinajstić information content (AvgIpc) is 3.51. The number of ether oxygens (including phenoxy) is 1. The molecule has 2 N–H and O–H groups in total. The predicted molar refractivity (Wildman–Crippen MR) is 115 cm³/mol. The number of rotatable bonds is 8. The summed E-state index contributed by atoms with van der Waals surface area (Å²) in [5.41, 5.74) is 2.69. The number of unbranched alkanes of at least 4 members (excludes halogenated alkanes) is 1. The zero-order chi connectivity index (χ0) is 20.1. The molecule has 5 nitrogen and oxygen atoms in total. The molecule has 28 heavy (non-hydrogen) atoms. The van der Waals surface area contributed by atoms with E-state index in [1.165, 1.54) is 0 Å². The van der Waals surface area contributed by atoms with E-state index >= 15 is 0 Å². The Morgan fingerprint density at radius 2 is 1.86 bits per heavy atom. The van der Waals surface area contributed by atoms with E-state index in [1.807, 2.05) is 31.2 Å². The molecule has 2 amide bonds. The van der Waals surface area contributed by atoms with Gasteiger partial charge in [0.1, 0.15) is 5.75 Å². The molecule has 0 radical (unpaired) electrons. The van der Waals surface area contributed by atoms with Gasteiger partial charge in [-0.2, -0.15) is 0 Å². The summed E-state index contributed by atoms with van der Waals surface area (Å²) in [5, 5.41) is 5.91. The van der Waals surface area contributed by atoms with Gasteiger partial charge in [-0.15, -0.1) is 0 Å². The number of hydrogen-bond acceptors (Lipinski definition) is 3. The van der Waals surface area contributed by atoms with Crippen molar-refractivity contribution >= 4 is 39.1 Å².